The SMILES string of the molecule is CCN(CC)c1ccc(-c2csc(Nc3ccc(C(C)(C)C)cc3)n2)cc1. The van der Waals surface area contributed by atoms with Crippen molar-refractivity contribution >= 4 is 27.8 Å². The van der Waals surface area contributed by atoms with Gasteiger partial charge in [0.05, 0.1) is 5.69 Å². The summed E-state index contributed by atoms with van der Waals surface area (Å²) in [5.74, 6) is 0. The average Bonchev–Trinajstić information content (AvgIpc) is 3.11. The van der Waals surface area contributed by atoms with Crippen molar-refractivity contribution in [2.45, 2.75) is 40.0 Å². The second kappa shape index (κ2) is 8.13. The maximum absolute atomic E-state index is 4.76. The summed E-state index contributed by atoms with van der Waals surface area (Å²) >= 11 is 1.64. The Hall–Kier alpha value is -2.33. The third-order valence-corrected chi connectivity index (χ3v) is 5.56. The molecule has 4 heteroatoms. The standard InChI is InChI=1S/C23H29N3S/c1-6-26(7-2)20-14-8-17(9-15-20)21-16-27-22(25-21)24-19-12-10-18(11-13-19)23(3,4)5/h8-16H,6-7H2,1-5H3,(H,24,25). The van der Waals surface area contributed by atoms with Crippen LogP contribution < -0.4 is 10.2 Å². The molecule has 142 valence electrons. The van der Waals surface area contributed by atoms with Gasteiger partial charge in [-0.3, -0.25) is 0 Å². The fourth-order valence-corrected chi connectivity index (χ4v) is 3.81. The van der Waals surface area contributed by atoms with Crippen LogP contribution in [0.3, 0.4) is 0 Å². The van der Waals surface area contributed by atoms with Crippen molar-refractivity contribution in [3.63, 3.8) is 0 Å². The lowest BCUT2D eigenvalue weighted by Crippen LogP contribution is -2.21. The first-order chi connectivity index (χ1) is 12.9. The number of hydrogen-bond acceptors (Lipinski definition) is 4. The van der Waals surface area contributed by atoms with Gasteiger partial charge in [-0.2, -0.15) is 0 Å². The maximum atomic E-state index is 4.76. The van der Waals surface area contributed by atoms with Gasteiger partial charge in [0, 0.05) is 35.4 Å². The molecule has 0 atom stereocenters. The quantitative estimate of drug-likeness (QED) is 0.516. The minimum atomic E-state index is 0.171. The van der Waals surface area contributed by atoms with Crippen molar-refractivity contribution in [3.05, 3.63) is 59.5 Å². The minimum Gasteiger partial charge on any atom is -0.372 e. The second-order valence-electron chi connectivity index (χ2n) is 7.71. The molecule has 0 radical (unpaired) electrons. The summed E-state index contributed by atoms with van der Waals surface area (Å²) in [6, 6.07) is 17.3. The van der Waals surface area contributed by atoms with E-state index in [1.54, 1.807) is 11.3 Å². The highest BCUT2D eigenvalue weighted by Crippen LogP contribution is 2.29. The molecular formula is C23H29N3S. The van der Waals surface area contributed by atoms with Crippen LogP contribution in [0.15, 0.2) is 53.9 Å². The Kier molecular flexibility index (Phi) is 5.85. The molecule has 0 amide bonds. The zero-order valence-electron chi connectivity index (χ0n) is 16.9. The maximum Gasteiger partial charge on any atom is 0.187 e. The van der Waals surface area contributed by atoms with E-state index in [1.165, 1.54) is 11.3 Å². The van der Waals surface area contributed by atoms with Crippen LogP contribution in [0.2, 0.25) is 0 Å². The molecule has 3 aromatic rings. The van der Waals surface area contributed by atoms with Crippen molar-refractivity contribution in [2.24, 2.45) is 0 Å². The Morgan fingerprint density at radius 2 is 1.56 bits per heavy atom. The summed E-state index contributed by atoms with van der Waals surface area (Å²) in [5, 5.41) is 6.45. The highest BCUT2D eigenvalue weighted by Gasteiger charge is 2.13. The van der Waals surface area contributed by atoms with Crippen molar-refractivity contribution in [1.29, 1.82) is 0 Å². The molecule has 0 saturated heterocycles. The molecule has 1 heterocycles. The first kappa shape index (κ1) is 19.4. The minimum absolute atomic E-state index is 0.171. The Bertz CT molecular complexity index is 854. The number of rotatable bonds is 6. The van der Waals surface area contributed by atoms with Gasteiger partial charge in [-0.05, 0) is 49.1 Å². The van der Waals surface area contributed by atoms with Crippen LogP contribution in [0.5, 0.6) is 0 Å². The first-order valence-corrected chi connectivity index (χ1v) is 10.5. The van der Waals surface area contributed by atoms with Crippen molar-refractivity contribution in [3.8, 4) is 11.3 Å². The zero-order chi connectivity index (χ0) is 19.4. The molecule has 2 aromatic carbocycles. The van der Waals surface area contributed by atoms with Gasteiger partial charge >= 0.3 is 0 Å². The van der Waals surface area contributed by atoms with Crippen LogP contribution in [0.1, 0.15) is 40.2 Å². The lowest BCUT2D eigenvalue weighted by atomic mass is 9.87. The highest BCUT2D eigenvalue weighted by atomic mass is 32.1. The molecule has 0 saturated carbocycles. The number of aromatic nitrogens is 1. The lowest BCUT2D eigenvalue weighted by molar-refractivity contribution is 0.590. The largest absolute Gasteiger partial charge is 0.372 e. The summed E-state index contributed by atoms with van der Waals surface area (Å²) in [7, 11) is 0. The van der Waals surface area contributed by atoms with Crippen LogP contribution in [0.25, 0.3) is 11.3 Å². The number of nitrogens with zero attached hydrogens (tertiary/aromatic N) is 2. The molecule has 1 N–H and O–H groups in total. The Balaban J connectivity index is 1.71. The van der Waals surface area contributed by atoms with Crippen molar-refractivity contribution in [1.82, 2.24) is 4.98 Å². The number of hydrogen-bond donors (Lipinski definition) is 1. The second-order valence-corrected chi connectivity index (χ2v) is 8.57. The smallest absolute Gasteiger partial charge is 0.187 e. The molecule has 3 nitrogen and oxygen atoms in total. The predicted molar refractivity (Wildman–Crippen MR) is 120 cm³/mol. The van der Waals surface area contributed by atoms with Crippen LogP contribution in [0.4, 0.5) is 16.5 Å². The number of thiazole rings is 1. The van der Waals surface area contributed by atoms with Crippen molar-refractivity contribution < 1.29 is 0 Å². The van der Waals surface area contributed by atoms with E-state index in [2.05, 4.69) is 98.7 Å². The third-order valence-electron chi connectivity index (χ3n) is 4.80. The number of benzene rings is 2. The number of anilines is 3. The topological polar surface area (TPSA) is 28.2 Å². The summed E-state index contributed by atoms with van der Waals surface area (Å²) in [4.78, 5) is 7.10. The Morgan fingerprint density at radius 3 is 2.11 bits per heavy atom. The lowest BCUT2D eigenvalue weighted by Gasteiger charge is -2.20. The predicted octanol–water partition coefficient (Wildman–Crippen LogP) is 6.70. The molecule has 0 spiro atoms. The summed E-state index contributed by atoms with van der Waals surface area (Å²) < 4.78 is 0. The van der Waals surface area contributed by atoms with Crippen LogP contribution in [-0.2, 0) is 5.41 Å². The van der Waals surface area contributed by atoms with Gasteiger partial charge < -0.3 is 10.2 Å². The molecule has 0 unspecified atom stereocenters. The van der Waals surface area contributed by atoms with Gasteiger partial charge in [0.1, 0.15) is 0 Å². The summed E-state index contributed by atoms with van der Waals surface area (Å²) in [6.07, 6.45) is 0. The van der Waals surface area contributed by atoms with E-state index in [9.17, 15) is 0 Å². The molecule has 0 aliphatic heterocycles. The normalized spacial score (nSPS) is 11.4. The van der Waals surface area contributed by atoms with Crippen LogP contribution in [-0.4, -0.2) is 18.1 Å². The number of nitrogens with one attached hydrogen (secondary N) is 1. The molecule has 0 aliphatic rings. The fraction of sp³-hybridized carbons (Fsp3) is 0.348. The fourth-order valence-electron chi connectivity index (χ4n) is 3.07. The molecule has 27 heavy (non-hydrogen) atoms. The molecule has 0 fully saturated rings. The molecule has 3 rings (SSSR count). The molecule has 0 aliphatic carbocycles. The third kappa shape index (κ3) is 4.69. The van der Waals surface area contributed by atoms with Crippen LogP contribution in [0, 0.1) is 0 Å². The summed E-state index contributed by atoms with van der Waals surface area (Å²) in [6.45, 7) is 13.1. The van der Waals surface area contributed by atoms with Gasteiger partial charge in [-0.15, -0.1) is 11.3 Å². The monoisotopic (exact) mass is 379 g/mol. The average molecular weight is 380 g/mol. The highest BCUT2D eigenvalue weighted by molar-refractivity contribution is 7.14. The van der Waals surface area contributed by atoms with Gasteiger partial charge in [0.2, 0.25) is 0 Å². The summed E-state index contributed by atoms with van der Waals surface area (Å²) in [5.41, 5.74) is 6.00. The van der Waals surface area contributed by atoms with E-state index in [1.807, 2.05) is 0 Å². The van der Waals surface area contributed by atoms with Gasteiger partial charge in [-0.1, -0.05) is 45.0 Å². The molecule has 0 bridgehead atoms. The van der Waals surface area contributed by atoms with Gasteiger partial charge in [0.25, 0.3) is 0 Å². The molecule has 1 aromatic heterocycles. The van der Waals surface area contributed by atoms with E-state index in [0.717, 1.165) is 35.2 Å². The van der Waals surface area contributed by atoms with E-state index in [0.29, 0.717) is 0 Å². The van der Waals surface area contributed by atoms with E-state index in [-0.39, 0.29) is 5.41 Å². The van der Waals surface area contributed by atoms with Gasteiger partial charge in [-0.25, -0.2) is 4.98 Å². The first-order valence-electron chi connectivity index (χ1n) is 9.59. The molecular weight excluding hydrogens is 350 g/mol. The Labute approximate surface area is 167 Å². The Morgan fingerprint density at radius 1 is 0.926 bits per heavy atom. The van der Waals surface area contributed by atoms with Crippen LogP contribution >= 0.6 is 11.3 Å². The van der Waals surface area contributed by atoms with Crippen molar-refractivity contribution in [2.75, 3.05) is 23.3 Å². The van der Waals surface area contributed by atoms with E-state index < -0.39 is 0 Å². The van der Waals surface area contributed by atoms with E-state index >= 15 is 0 Å². The van der Waals surface area contributed by atoms with Gasteiger partial charge in [0.15, 0.2) is 5.13 Å². The van der Waals surface area contributed by atoms with E-state index in [4.69, 9.17) is 4.98 Å². The zero-order valence-corrected chi connectivity index (χ0v) is 17.7.